The molecule has 0 radical (unpaired) electrons. The maximum atomic E-state index is 2.35. The minimum atomic E-state index is 0.721. The molecule has 15 heavy (non-hydrogen) atoms. The van der Waals surface area contributed by atoms with Gasteiger partial charge >= 0.3 is 0 Å². The van der Waals surface area contributed by atoms with Crippen molar-refractivity contribution < 1.29 is 0 Å². The van der Waals surface area contributed by atoms with Crippen LogP contribution in [0.3, 0.4) is 0 Å². The van der Waals surface area contributed by atoms with Gasteiger partial charge in [-0.25, -0.2) is 0 Å². The van der Waals surface area contributed by atoms with Gasteiger partial charge < -0.3 is 0 Å². The van der Waals surface area contributed by atoms with E-state index in [1.54, 1.807) is 0 Å². The fourth-order valence-electron chi connectivity index (χ4n) is 1.76. The van der Waals surface area contributed by atoms with E-state index in [-0.39, 0.29) is 0 Å². The topological polar surface area (TPSA) is 0 Å². The fraction of sp³-hybridized carbons (Fsp3) is 0.867. The number of allylic oxidation sites excluding steroid dienone is 2. The molecular weight excluding hydrogens is 180 g/mol. The third kappa shape index (κ3) is 13.7. The predicted molar refractivity (Wildman–Crippen MR) is 71.2 cm³/mol. The second-order valence-electron chi connectivity index (χ2n) is 4.94. The number of hydrogen-bond donors (Lipinski definition) is 0. The molecule has 0 aromatic carbocycles. The van der Waals surface area contributed by atoms with E-state index in [1.807, 2.05) is 0 Å². The molecule has 0 amide bonds. The average molecular weight is 210 g/mol. The van der Waals surface area contributed by atoms with Crippen LogP contribution in [0, 0.1) is 5.92 Å². The lowest BCUT2D eigenvalue weighted by Crippen LogP contribution is -1.81. The Kier molecular flexibility index (Phi) is 11.6. The zero-order chi connectivity index (χ0) is 11.4. The summed E-state index contributed by atoms with van der Waals surface area (Å²) in [7, 11) is 0. The SMILES string of the molecule is CCCCCCCCCC/C=C/C(C)C. The first-order chi connectivity index (χ1) is 7.27. The molecule has 0 fully saturated rings. The van der Waals surface area contributed by atoms with Crippen molar-refractivity contribution in [3.63, 3.8) is 0 Å². The summed E-state index contributed by atoms with van der Waals surface area (Å²) in [5.41, 5.74) is 0. The van der Waals surface area contributed by atoms with Crippen LogP contribution in [0.1, 0.15) is 78.6 Å². The number of hydrogen-bond acceptors (Lipinski definition) is 0. The van der Waals surface area contributed by atoms with Crippen LogP contribution < -0.4 is 0 Å². The minimum Gasteiger partial charge on any atom is -0.0883 e. The quantitative estimate of drug-likeness (QED) is 0.319. The van der Waals surface area contributed by atoms with Crippen molar-refractivity contribution in [2.75, 3.05) is 0 Å². The molecule has 0 heteroatoms. The summed E-state index contributed by atoms with van der Waals surface area (Å²) in [6.45, 7) is 6.76. The van der Waals surface area contributed by atoms with E-state index in [2.05, 4.69) is 32.9 Å². The second-order valence-corrected chi connectivity index (χ2v) is 4.94. The maximum absolute atomic E-state index is 2.35. The van der Waals surface area contributed by atoms with Crippen molar-refractivity contribution in [3.05, 3.63) is 12.2 Å². The second kappa shape index (κ2) is 11.8. The molecule has 0 nitrogen and oxygen atoms in total. The molecule has 90 valence electrons. The average Bonchev–Trinajstić information content (AvgIpc) is 2.20. The Hall–Kier alpha value is -0.260. The zero-order valence-corrected chi connectivity index (χ0v) is 11.1. The minimum absolute atomic E-state index is 0.721. The molecule has 0 saturated heterocycles. The lowest BCUT2D eigenvalue weighted by Gasteiger charge is -2.00. The van der Waals surface area contributed by atoms with E-state index < -0.39 is 0 Å². The summed E-state index contributed by atoms with van der Waals surface area (Å²) in [4.78, 5) is 0. The van der Waals surface area contributed by atoms with Crippen molar-refractivity contribution in [2.45, 2.75) is 78.6 Å². The molecule has 0 bridgehead atoms. The van der Waals surface area contributed by atoms with E-state index in [9.17, 15) is 0 Å². The molecule has 0 heterocycles. The van der Waals surface area contributed by atoms with Gasteiger partial charge in [-0.1, -0.05) is 77.9 Å². The third-order valence-corrected chi connectivity index (χ3v) is 2.75. The van der Waals surface area contributed by atoms with Crippen LogP contribution >= 0.6 is 0 Å². The molecule has 0 aliphatic rings. The molecule has 0 spiro atoms. The van der Waals surface area contributed by atoms with E-state index in [0.29, 0.717) is 0 Å². The molecule has 0 rings (SSSR count). The molecule has 0 aromatic rings. The molecular formula is C15H30. The van der Waals surface area contributed by atoms with Crippen molar-refractivity contribution in [3.8, 4) is 0 Å². The first kappa shape index (κ1) is 14.7. The summed E-state index contributed by atoms with van der Waals surface area (Å²) in [5.74, 6) is 0.721. The summed E-state index contributed by atoms with van der Waals surface area (Å²) < 4.78 is 0. The monoisotopic (exact) mass is 210 g/mol. The van der Waals surface area contributed by atoms with Crippen molar-refractivity contribution in [1.29, 1.82) is 0 Å². The smallest absolute Gasteiger partial charge is 0.0290 e. The fourth-order valence-corrected chi connectivity index (χ4v) is 1.76. The van der Waals surface area contributed by atoms with Crippen LogP contribution in [0.4, 0.5) is 0 Å². The predicted octanol–water partition coefficient (Wildman–Crippen LogP) is 5.73. The number of unbranched alkanes of at least 4 members (excludes halogenated alkanes) is 8. The highest BCUT2D eigenvalue weighted by Gasteiger charge is 1.90. The lowest BCUT2D eigenvalue weighted by molar-refractivity contribution is 0.577. The normalized spacial score (nSPS) is 11.7. The van der Waals surface area contributed by atoms with Crippen LogP contribution in [-0.4, -0.2) is 0 Å². The van der Waals surface area contributed by atoms with Crippen LogP contribution in [-0.2, 0) is 0 Å². The molecule has 0 N–H and O–H groups in total. The van der Waals surface area contributed by atoms with E-state index in [0.717, 1.165) is 5.92 Å². The van der Waals surface area contributed by atoms with E-state index in [1.165, 1.54) is 57.8 Å². The van der Waals surface area contributed by atoms with Gasteiger partial charge in [-0.2, -0.15) is 0 Å². The van der Waals surface area contributed by atoms with Gasteiger partial charge in [0.05, 0.1) is 0 Å². The van der Waals surface area contributed by atoms with Crippen LogP contribution in [0.5, 0.6) is 0 Å². The van der Waals surface area contributed by atoms with Gasteiger partial charge in [-0.05, 0) is 18.8 Å². The largest absolute Gasteiger partial charge is 0.0883 e. The maximum Gasteiger partial charge on any atom is -0.0290 e. The molecule has 0 unspecified atom stereocenters. The highest BCUT2D eigenvalue weighted by atomic mass is 14.0. The van der Waals surface area contributed by atoms with Crippen molar-refractivity contribution in [1.82, 2.24) is 0 Å². The third-order valence-electron chi connectivity index (χ3n) is 2.75. The number of rotatable bonds is 10. The van der Waals surface area contributed by atoms with Gasteiger partial charge in [0.15, 0.2) is 0 Å². The van der Waals surface area contributed by atoms with Gasteiger partial charge in [0.1, 0.15) is 0 Å². The summed E-state index contributed by atoms with van der Waals surface area (Å²) in [6.07, 6.45) is 17.4. The lowest BCUT2D eigenvalue weighted by atomic mass is 10.1. The van der Waals surface area contributed by atoms with E-state index >= 15 is 0 Å². The molecule has 0 atom stereocenters. The highest BCUT2D eigenvalue weighted by molar-refractivity contribution is 4.83. The van der Waals surface area contributed by atoms with Gasteiger partial charge in [0.25, 0.3) is 0 Å². The van der Waals surface area contributed by atoms with Gasteiger partial charge in [0, 0.05) is 0 Å². The molecule has 0 aliphatic carbocycles. The van der Waals surface area contributed by atoms with Crippen LogP contribution in [0.2, 0.25) is 0 Å². The summed E-state index contributed by atoms with van der Waals surface area (Å²) in [5, 5.41) is 0. The molecule has 0 aromatic heterocycles. The standard InChI is InChI=1S/C15H30/c1-4-5-6-7-8-9-10-11-12-13-14-15(2)3/h13-15H,4-12H2,1-3H3/b14-13+. The van der Waals surface area contributed by atoms with Crippen molar-refractivity contribution >= 4 is 0 Å². The van der Waals surface area contributed by atoms with Gasteiger partial charge in [0.2, 0.25) is 0 Å². The van der Waals surface area contributed by atoms with Crippen LogP contribution in [0.25, 0.3) is 0 Å². The summed E-state index contributed by atoms with van der Waals surface area (Å²) >= 11 is 0. The van der Waals surface area contributed by atoms with E-state index in [4.69, 9.17) is 0 Å². The molecule has 0 saturated carbocycles. The highest BCUT2D eigenvalue weighted by Crippen LogP contribution is 2.10. The Morgan fingerprint density at radius 3 is 1.87 bits per heavy atom. The summed E-state index contributed by atoms with van der Waals surface area (Å²) in [6, 6.07) is 0. The Bertz CT molecular complexity index is 133. The van der Waals surface area contributed by atoms with Gasteiger partial charge in [-0.3, -0.25) is 0 Å². The zero-order valence-electron chi connectivity index (χ0n) is 11.1. The first-order valence-corrected chi connectivity index (χ1v) is 6.94. The Labute approximate surface area is 97.2 Å². The Balaban J connectivity index is 2.99. The first-order valence-electron chi connectivity index (χ1n) is 6.94. The Morgan fingerprint density at radius 2 is 1.33 bits per heavy atom. The van der Waals surface area contributed by atoms with Crippen molar-refractivity contribution in [2.24, 2.45) is 5.92 Å². The van der Waals surface area contributed by atoms with Gasteiger partial charge in [-0.15, -0.1) is 0 Å². The Morgan fingerprint density at radius 1 is 0.800 bits per heavy atom. The van der Waals surface area contributed by atoms with Crippen LogP contribution in [0.15, 0.2) is 12.2 Å². The molecule has 0 aliphatic heterocycles.